The number of aliphatic hydroxyl groups is 1. The number of aromatic nitrogens is 2. The molecule has 0 saturated carbocycles. The molecule has 1 saturated heterocycles. The van der Waals surface area contributed by atoms with E-state index in [0.29, 0.717) is 13.0 Å². The first-order valence-electron chi connectivity index (χ1n) is 8.40. The lowest BCUT2D eigenvalue weighted by molar-refractivity contribution is -0.0811. The highest BCUT2D eigenvalue weighted by Crippen LogP contribution is 2.35. The summed E-state index contributed by atoms with van der Waals surface area (Å²) in [6, 6.07) is 10.1. The second-order valence-electron chi connectivity index (χ2n) is 6.78. The third-order valence-corrected chi connectivity index (χ3v) is 4.94. The van der Waals surface area contributed by atoms with E-state index in [1.165, 1.54) is 0 Å². The first kappa shape index (κ1) is 18.5. The number of piperidine rings is 1. The number of amides is 1. The average Bonchev–Trinajstić information content (AvgIpc) is 3.12. The van der Waals surface area contributed by atoms with Crippen LogP contribution in [0.25, 0.3) is 0 Å². The molecule has 0 aliphatic carbocycles. The lowest BCUT2D eigenvalue weighted by Gasteiger charge is -2.47. The Bertz CT molecular complexity index is 766. The van der Waals surface area contributed by atoms with Gasteiger partial charge < -0.3 is 14.9 Å². The summed E-state index contributed by atoms with van der Waals surface area (Å²) in [5.74, 6) is -0.421. The van der Waals surface area contributed by atoms with Crippen LogP contribution in [0.2, 0.25) is 0 Å². The molecule has 3 rings (SSSR count). The van der Waals surface area contributed by atoms with Crippen LogP contribution in [0.1, 0.15) is 34.6 Å². The first-order chi connectivity index (χ1) is 12.3. The smallest absolute Gasteiger partial charge is 0.279 e. The number of likely N-dealkylation sites (N-methyl/N-ethyl adjacent to an activating group) is 1. The van der Waals surface area contributed by atoms with Crippen molar-refractivity contribution >= 4 is 5.91 Å². The van der Waals surface area contributed by atoms with Gasteiger partial charge in [-0.1, -0.05) is 30.3 Å². The maximum absolute atomic E-state index is 12.7. The molecular weight excluding hydrogens is 342 g/mol. The summed E-state index contributed by atoms with van der Waals surface area (Å²) in [4.78, 5) is 16.1. The van der Waals surface area contributed by atoms with E-state index in [0.717, 1.165) is 11.6 Å². The largest absolute Gasteiger partial charge is 0.383 e. The topological polar surface area (TPSA) is 72.5 Å². The molecule has 0 unspecified atom stereocenters. The van der Waals surface area contributed by atoms with E-state index in [4.69, 9.17) is 0 Å². The number of halogens is 2. The fourth-order valence-corrected chi connectivity index (χ4v) is 3.48. The Labute approximate surface area is 150 Å². The molecule has 2 heterocycles. The molecule has 1 aromatic carbocycles. The van der Waals surface area contributed by atoms with Crippen molar-refractivity contribution in [1.82, 2.24) is 20.0 Å². The third kappa shape index (κ3) is 3.34. The van der Waals surface area contributed by atoms with E-state index in [1.54, 1.807) is 4.90 Å². The molecule has 6 nitrogen and oxygen atoms in total. The van der Waals surface area contributed by atoms with Gasteiger partial charge in [-0.05, 0) is 32.1 Å². The number of aromatic amines is 1. The number of H-pyrrole nitrogens is 1. The number of rotatable bonds is 4. The van der Waals surface area contributed by atoms with Gasteiger partial charge in [0.05, 0.1) is 6.04 Å². The Morgan fingerprint density at radius 2 is 2.08 bits per heavy atom. The third-order valence-electron chi connectivity index (χ3n) is 4.94. The van der Waals surface area contributed by atoms with Gasteiger partial charge in [0, 0.05) is 13.1 Å². The number of hydrogen-bond acceptors (Lipinski definition) is 4. The van der Waals surface area contributed by atoms with Crippen LogP contribution >= 0.6 is 0 Å². The molecule has 26 heavy (non-hydrogen) atoms. The first-order valence-corrected chi connectivity index (χ1v) is 8.40. The van der Waals surface area contributed by atoms with Gasteiger partial charge in [0.1, 0.15) is 11.3 Å². The predicted octanol–water partition coefficient (Wildman–Crippen LogP) is 2.01. The van der Waals surface area contributed by atoms with E-state index < -0.39 is 17.9 Å². The molecule has 0 radical (unpaired) electrons. The number of carbonyl (C=O) groups is 1. The molecule has 2 N–H and O–H groups in total. The van der Waals surface area contributed by atoms with Crippen LogP contribution in [-0.4, -0.2) is 64.2 Å². The van der Waals surface area contributed by atoms with Crippen molar-refractivity contribution in [2.75, 3.05) is 27.2 Å². The van der Waals surface area contributed by atoms with Crippen molar-refractivity contribution in [3.8, 4) is 0 Å². The zero-order valence-electron chi connectivity index (χ0n) is 14.7. The summed E-state index contributed by atoms with van der Waals surface area (Å²) in [6.45, 7) is 0.583. The second-order valence-corrected chi connectivity index (χ2v) is 6.78. The molecule has 140 valence electrons. The Balaban J connectivity index is 1.82. The Kier molecular flexibility index (Phi) is 5.06. The summed E-state index contributed by atoms with van der Waals surface area (Å²) < 4.78 is 25.4. The second kappa shape index (κ2) is 7.13. The van der Waals surface area contributed by atoms with Crippen molar-refractivity contribution in [2.24, 2.45) is 0 Å². The van der Waals surface area contributed by atoms with Crippen molar-refractivity contribution < 1.29 is 18.7 Å². The predicted molar refractivity (Wildman–Crippen MR) is 91.9 cm³/mol. The number of nitrogens with zero attached hydrogens (tertiary/aromatic N) is 3. The molecular formula is C18H22F2N4O2. The lowest BCUT2D eigenvalue weighted by atomic mass is 9.79. The SMILES string of the molecule is CN(C)[C@@H]1CN(C(=O)c2cc(C(F)F)[nH]n2)CC[C@]1(O)c1ccccc1. The Morgan fingerprint density at radius 3 is 2.65 bits per heavy atom. The van der Waals surface area contributed by atoms with E-state index in [-0.39, 0.29) is 24.0 Å². The minimum Gasteiger partial charge on any atom is -0.383 e. The summed E-state index contributed by atoms with van der Waals surface area (Å²) >= 11 is 0. The highest BCUT2D eigenvalue weighted by molar-refractivity contribution is 5.92. The molecule has 2 aromatic rings. The van der Waals surface area contributed by atoms with Gasteiger partial charge in [0.15, 0.2) is 5.69 Å². The minimum atomic E-state index is -2.71. The number of alkyl halides is 2. The van der Waals surface area contributed by atoms with Gasteiger partial charge in [-0.3, -0.25) is 9.89 Å². The highest BCUT2D eigenvalue weighted by Gasteiger charge is 2.45. The number of benzene rings is 1. The highest BCUT2D eigenvalue weighted by atomic mass is 19.3. The number of hydrogen-bond donors (Lipinski definition) is 2. The zero-order chi connectivity index (χ0) is 18.9. The molecule has 1 aliphatic rings. The van der Waals surface area contributed by atoms with Crippen LogP contribution in [0.4, 0.5) is 8.78 Å². The van der Waals surface area contributed by atoms with Gasteiger partial charge in [-0.15, -0.1) is 0 Å². The van der Waals surface area contributed by atoms with E-state index in [1.807, 2.05) is 49.3 Å². The number of likely N-dealkylation sites (tertiary alicyclic amines) is 1. The van der Waals surface area contributed by atoms with Crippen LogP contribution in [0.3, 0.4) is 0 Å². The van der Waals surface area contributed by atoms with Crippen molar-refractivity contribution in [3.05, 3.63) is 53.3 Å². The van der Waals surface area contributed by atoms with Gasteiger partial charge in [0.25, 0.3) is 12.3 Å². The lowest BCUT2D eigenvalue weighted by Crippen LogP contribution is -2.60. The molecule has 1 amide bonds. The molecule has 0 spiro atoms. The maximum atomic E-state index is 12.7. The standard InChI is InChI=1S/C18H22F2N4O2/c1-23(2)15-11-24(17(25)14-10-13(16(19)20)21-22-14)9-8-18(15,26)12-6-4-3-5-7-12/h3-7,10,15-16,26H,8-9,11H2,1-2H3,(H,21,22)/t15-,18+/m1/s1. The van der Waals surface area contributed by atoms with E-state index >= 15 is 0 Å². The fraction of sp³-hybridized carbons (Fsp3) is 0.444. The van der Waals surface area contributed by atoms with Crippen LogP contribution in [0.5, 0.6) is 0 Å². The quantitative estimate of drug-likeness (QED) is 0.871. The van der Waals surface area contributed by atoms with Crippen LogP contribution < -0.4 is 0 Å². The van der Waals surface area contributed by atoms with Crippen molar-refractivity contribution in [3.63, 3.8) is 0 Å². The monoisotopic (exact) mass is 364 g/mol. The molecule has 8 heteroatoms. The average molecular weight is 364 g/mol. The zero-order valence-corrected chi connectivity index (χ0v) is 14.7. The Hall–Kier alpha value is -2.32. The molecule has 1 fully saturated rings. The van der Waals surface area contributed by atoms with Gasteiger partial charge >= 0.3 is 0 Å². The summed E-state index contributed by atoms with van der Waals surface area (Å²) in [5.41, 5.74) is -0.717. The normalized spacial score (nSPS) is 23.7. The Morgan fingerprint density at radius 1 is 1.38 bits per heavy atom. The molecule has 1 aliphatic heterocycles. The minimum absolute atomic E-state index is 0.0389. The summed E-state index contributed by atoms with van der Waals surface area (Å²) in [5, 5.41) is 17.2. The van der Waals surface area contributed by atoms with Crippen LogP contribution in [0, 0.1) is 0 Å². The van der Waals surface area contributed by atoms with Crippen molar-refractivity contribution in [1.29, 1.82) is 0 Å². The molecule has 1 aromatic heterocycles. The number of carbonyl (C=O) groups excluding carboxylic acids is 1. The van der Waals surface area contributed by atoms with Gasteiger partial charge in [0.2, 0.25) is 0 Å². The molecule has 0 bridgehead atoms. The number of nitrogens with one attached hydrogen (secondary N) is 1. The van der Waals surface area contributed by atoms with Crippen molar-refractivity contribution in [2.45, 2.75) is 24.5 Å². The van der Waals surface area contributed by atoms with Gasteiger partial charge in [-0.2, -0.15) is 5.10 Å². The van der Waals surface area contributed by atoms with Crippen LogP contribution in [0.15, 0.2) is 36.4 Å². The van der Waals surface area contributed by atoms with E-state index in [2.05, 4.69) is 10.2 Å². The summed E-state index contributed by atoms with van der Waals surface area (Å²) in [7, 11) is 3.69. The molecule has 2 atom stereocenters. The van der Waals surface area contributed by atoms with E-state index in [9.17, 15) is 18.7 Å². The van der Waals surface area contributed by atoms with Gasteiger partial charge in [-0.25, -0.2) is 8.78 Å². The maximum Gasteiger partial charge on any atom is 0.279 e. The summed E-state index contributed by atoms with van der Waals surface area (Å²) in [6.07, 6.45) is -2.36. The van der Waals surface area contributed by atoms with Crippen LogP contribution in [-0.2, 0) is 5.60 Å². The fourth-order valence-electron chi connectivity index (χ4n) is 3.48.